The minimum Gasteiger partial charge on any atom is -0.368 e. The predicted octanol–water partition coefficient (Wildman–Crippen LogP) is 5.88. The van der Waals surface area contributed by atoms with Crippen LogP contribution in [0.25, 0.3) is 0 Å². The van der Waals surface area contributed by atoms with Crippen LogP contribution < -0.4 is 0 Å². The number of ether oxygens (including phenoxy) is 1. The van der Waals surface area contributed by atoms with E-state index in [9.17, 15) is 8.78 Å². The third-order valence-corrected chi connectivity index (χ3v) is 5.71. The maximum Gasteiger partial charge on any atom is 0.165 e. The molecule has 1 unspecified atom stereocenters. The monoisotopic (exact) mass is 322 g/mol. The van der Waals surface area contributed by atoms with Crippen molar-refractivity contribution in [1.29, 1.82) is 0 Å². The lowest BCUT2D eigenvalue weighted by Gasteiger charge is -2.28. The standard InChI is InChI=1S/C20H28F2O/c1-3-4-14-5-7-15(8-6-14)9-10-16-13(2)11-17(18-12-23-18)20(22)19(16)21/h11,14-15,18H,3-10,12H2,1-2H3. The first-order valence-electron chi connectivity index (χ1n) is 9.19. The molecule has 0 amide bonds. The molecule has 23 heavy (non-hydrogen) atoms. The minimum atomic E-state index is -0.695. The molecule has 0 spiro atoms. The van der Waals surface area contributed by atoms with E-state index in [1.807, 2.05) is 6.92 Å². The van der Waals surface area contributed by atoms with Gasteiger partial charge < -0.3 is 4.74 Å². The number of aryl methyl sites for hydroxylation is 1. The summed E-state index contributed by atoms with van der Waals surface area (Å²) in [6.07, 6.45) is 9.15. The summed E-state index contributed by atoms with van der Waals surface area (Å²) in [5, 5.41) is 0. The third-order valence-electron chi connectivity index (χ3n) is 5.71. The van der Waals surface area contributed by atoms with Gasteiger partial charge in [-0.1, -0.05) is 45.4 Å². The van der Waals surface area contributed by atoms with Crippen molar-refractivity contribution in [2.45, 2.75) is 71.3 Å². The Kier molecular flexibility index (Phi) is 5.35. The van der Waals surface area contributed by atoms with Gasteiger partial charge in [-0.25, -0.2) is 8.78 Å². The lowest BCUT2D eigenvalue weighted by Crippen LogP contribution is -2.15. The van der Waals surface area contributed by atoms with Crippen molar-refractivity contribution in [2.24, 2.45) is 11.8 Å². The average Bonchev–Trinajstić information content (AvgIpc) is 3.37. The SMILES string of the molecule is CCCC1CCC(CCc2c(C)cc(C3CO3)c(F)c2F)CC1. The Hall–Kier alpha value is -0.960. The average molecular weight is 322 g/mol. The summed E-state index contributed by atoms with van der Waals surface area (Å²) < 4.78 is 33.7. The highest BCUT2D eigenvalue weighted by Crippen LogP contribution is 2.37. The van der Waals surface area contributed by atoms with Crippen LogP contribution in [0.2, 0.25) is 0 Å². The number of halogens is 2. The van der Waals surface area contributed by atoms with Crippen molar-refractivity contribution in [3.8, 4) is 0 Å². The fraction of sp³-hybridized carbons (Fsp3) is 0.700. The van der Waals surface area contributed by atoms with E-state index in [1.165, 1.54) is 38.5 Å². The predicted molar refractivity (Wildman–Crippen MR) is 88.5 cm³/mol. The minimum absolute atomic E-state index is 0.230. The number of rotatable bonds is 6. The molecule has 1 aliphatic carbocycles. The first kappa shape index (κ1) is 16.9. The van der Waals surface area contributed by atoms with Crippen LogP contribution in [-0.2, 0) is 11.2 Å². The van der Waals surface area contributed by atoms with Crippen molar-refractivity contribution < 1.29 is 13.5 Å². The van der Waals surface area contributed by atoms with Crippen molar-refractivity contribution in [3.63, 3.8) is 0 Å². The van der Waals surface area contributed by atoms with Gasteiger partial charge in [-0.15, -0.1) is 0 Å². The van der Waals surface area contributed by atoms with E-state index in [1.54, 1.807) is 6.07 Å². The molecule has 0 aromatic heterocycles. The van der Waals surface area contributed by atoms with Crippen molar-refractivity contribution in [1.82, 2.24) is 0 Å². The zero-order valence-corrected chi connectivity index (χ0v) is 14.3. The maximum absolute atomic E-state index is 14.4. The molecule has 1 nitrogen and oxygen atoms in total. The third kappa shape index (κ3) is 3.93. The second-order valence-corrected chi connectivity index (χ2v) is 7.43. The molecule has 1 aliphatic heterocycles. The summed E-state index contributed by atoms with van der Waals surface area (Å²) in [6, 6.07) is 1.78. The molecule has 3 heteroatoms. The Morgan fingerprint density at radius 3 is 2.22 bits per heavy atom. The Morgan fingerprint density at radius 1 is 1.04 bits per heavy atom. The van der Waals surface area contributed by atoms with Crippen LogP contribution in [0.3, 0.4) is 0 Å². The van der Waals surface area contributed by atoms with Gasteiger partial charge in [-0.3, -0.25) is 0 Å². The molecule has 1 aromatic carbocycles. The highest BCUT2D eigenvalue weighted by Gasteiger charge is 2.31. The van der Waals surface area contributed by atoms with E-state index in [4.69, 9.17) is 4.74 Å². The molecule has 3 rings (SSSR count). The van der Waals surface area contributed by atoms with Crippen LogP contribution in [0.4, 0.5) is 8.78 Å². The van der Waals surface area contributed by atoms with E-state index in [2.05, 4.69) is 6.92 Å². The number of hydrogen-bond acceptors (Lipinski definition) is 1. The van der Waals surface area contributed by atoms with Crippen molar-refractivity contribution in [3.05, 3.63) is 34.4 Å². The highest BCUT2D eigenvalue weighted by molar-refractivity contribution is 5.36. The summed E-state index contributed by atoms with van der Waals surface area (Å²) >= 11 is 0. The van der Waals surface area contributed by atoms with Crippen LogP contribution in [0, 0.1) is 30.4 Å². The van der Waals surface area contributed by atoms with Gasteiger partial charge in [0.05, 0.1) is 6.61 Å². The highest BCUT2D eigenvalue weighted by atomic mass is 19.2. The van der Waals surface area contributed by atoms with Gasteiger partial charge >= 0.3 is 0 Å². The fourth-order valence-electron chi connectivity index (χ4n) is 4.15. The van der Waals surface area contributed by atoms with Crippen LogP contribution in [0.5, 0.6) is 0 Å². The van der Waals surface area contributed by atoms with E-state index in [0.717, 1.165) is 17.9 Å². The van der Waals surface area contributed by atoms with Gasteiger partial charge in [0.1, 0.15) is 6.10 Å². The zero-order chi connectivity index (χ0) is 16.4. The topological polar surface area (TPSA) is 12.5 Å². The van der Waals surface area contributed by atoms with Gasteiger partial charge in [-0.05, 0) is 48.8 Å². The van der Waals surface area contributed by atoms with Crippen molar-refractivity contribution in [2.75, 3.05) is 6.61 Å². The smallest absolute Gasteiger partial charge is 0.165 e. The van der Waals surface area contributed by atoms with Gasteiger partial charge in [0.25, 0.3) is 0 Å². The Morgan fingerprint density at radius 2 is 1.65 bits per heavy atom. The quantitative estimate of drug-likeness (QED) is 0.595. The fourth-order valence-corrected chi connectivity index (χ4v) is 4.15. The lowest BCUT2D eigenvalue weighted by molar-refractivity contribution is 0.251. The van der Waals surface area contributed by atoms with E-state index < -0.39 is 11.6 Å². The Labute approximate surface area is 138 Å². The van der Waals surface area contributed by atoms with E-state index in [-0.39, 0.29) is 6.10 Å². The maximum atomic E-state index is 14.4. The normalized spacial score (nSPS) is 27.2. The largest absolute Gasteiger partial charge is 0.368 e. The molecule has 0 radical (unpaired) electrons. The molecule has 1 saturated carbocycles. The second kappa shape index (κ2) is 7.29. The summed E-state index contributed by atoms with van der Waals surface area (Å²) in [5.41, 5.74) is 1.83. The van der Waals surface area contributed by atoms with Gasteiger partial charge in [0, 0.05) is 5.56 Å². The van der Waals surface area contributed by atoms with Gasteiger partial charge in [0.2, 0.25) is 0 Å². The van der Waals surface area contributed by atoms with Crippen LogP contribution >= 0.6 is 0 Å². The second-order valence-electron chi connectivity index (χ2n) is 7.43. The summed E-state index contributed by atoms with van der Waals surface area (Å²) in [6.45, 7) is 4.65. The molecule has 0 bridgehead atoms. The van der Waals surface area contributed by atoms with Gasteiger partial charge in [0.15, 0.2) is 11.6 Å². The number of benzene rings is 1. The molecular weight excluding hydrogens is 294 g/mol. The Bertz CT molecular complexity index is 543. The number of hydrogen-bond donors (Lipinski definition) is 0. The molecular formula is C20H28F2O. The van der Waals surface area contributed by atoms with Crippen LogP contribution in [-0.4, -0.2) is 6.61 Å². The van der Waals surface area contributed by atoms with Gasteiger partial charge in [-0.2, -0.15) is 0 Å². The van der Waals surface area contributed by atoms with Crippen LogP contribution in [0.1, 0.15) is 74.7 Å². The lowest BCUT2D eigenvalue weighted by atomic mass is 9.78. The molecule has 2 fully saturated rings. The Balaban J connectivity index is 1.59. The van der Waals surface area contributed by atoms with Crippen molar-refractivity contribution >= 4 is 0 Å². The molecule has 1 saturated heterocycles. The molecule has 1 heterocycles. The number of epoxide rings is 1. The molecule has 2 aliphatic rings. The summed E-state index contributed by atoms with van der Waals surface area (Å²) in [4.78, 5) is 0. The van der Waals surface area contributed by atoms with E-state index in [0.29, 0.717) is 30.1 Å². The first-order valence-corrected chi connectivity index (χ1v) is 9.19. The summed E-state index contributed by atoms with van der Waals surface area (Å²) in [7, 11) is 0. The first-order chi connectivity index (χ1) is 11.1. The molecule has 128 valence electrons. The molecule has 0 N–H and O–H groups in total. The summed E-state index contributed by atoms with van der Waals surface area (Å²) in [5.74, 6) is 0.233. The van der Waals surface area contributed by atoms with E-state index >= 15 is 0 Å². The zero-order valence-electron chi connectivity index (χ0n) is 14.3. The van der Waals surface area contributed by atoms with Crippen LogP contribution in [0.15, 0.2) is 6.07 Å². The molecule has 1 atom stereocenters. The molecule has 1 aromatic rings.